The van der Waals surface area contributed by atoms with Gasteiger partial charge in [0.2, 0.25) is 0 Å². The number of carbonyl (C=O) groups excluding carboxylic acids is 1. The average Bonchev–Trinajstić information content (AvgIpc) is 2.73. The van der Waals surface area contributed by atoms with E-state index in [1.165, 1.54) is 0 Å². The molecule has 0 atom stereocenters. The van der Waals surface area contributed by atoms with Crippen LogP contribution >= 0.6 is 0 Å². The molecule has 90 valence electrons. The first-order valence-electron chi connectivity index (χ1n) is 5.45. The molecule has 5 heteroatoms. The molecule has 2 rings (SSSR count). The zero-order valence-corrected chi connectivity index (χ0v) is 10.3. The van der Waals surface area contributed by atoms with Gasteiger partial charge in [-0.05, 0) is 12.1 Å². The molecule has 2 heterocycles. The molecule has 0 aromatic rings. The van der Waals surface area contributed by atoms with Gasteiger partial charge in [0.05, 0.1) is 0 Å². The Labute approximate surface area is 100 Å². The Kier molecular flexibility index (Phi) is 2.99. The highest BCUT2D eigenvalue weighted by Gasteiger charge is 2.15. The van der Waals surface area contributed by atoms with Crippen molar-refractivity contribution in [2.75, 3.05) is 14.1 Å². The third kappa shape index (κ3) is 2.08. The highest BCUT2D eigenvalue weighted by molar-refractivity contribution is 5.74. The monoisotopic (exact) mass is 232 g/mol. The van der Waals surface area contributed by atoms with Crippen molar-refractivity contribution in [3.63, 3.8) is 0 Å². The molecule has 0 radical (unpaired) electrons. The van der Waals surface area contributed by atoms with Crippen molar-refractivity contribution in [1.82, 2.24) is 19.8 Å². The fourth-order valence-corrected chi connectivity index (χ4v) is 1.87. The van der Waals surface area contributed by atoms with E-state index < -0.39 is 0 Å². The van der Waals surface area contributed by atoms with Crippen molar-refractivity contribution in [2.45, 2.75) is 6.54 Å². The largest absolute Gasteiger partial charge is 0.341 e. The number of rotatable bonds is 2. The Morgan fingerprint density at radius 1 is 1.59 bits per heavy atom. The number of aryl methyl sites for hydroxylation is 1. The van der Waals surface area contributed by atoms with Crippen LogP contribution < -0.4 is 5.32 Å². The predicted molar refractivity (Wildman–Crippen MR) is 65.8 cm³/mol. The summed E-state index contributed by atoms with van der Waals surface area (Å²) in [5.41, 5.74) is 2.15. The van der Waals surface area contributed by atoms with Crippen molar-refractivity contribution < 1.29 is 4.79 Å². The summed E-state index contributed by atoms with van der Waals surface area (Å²) in [4.78, 5) is 17.4. The number of carbonyl (C=O) groups is 1. The summed E-state index contributed by atoms with van der Waals surface area (Å²) in [5, 5.41) is 2.60. The SMILES string of the molecule is CNC(=O)N(C)Cc1cnc2n(C)cccc1-2. The minimum atomic E-state index is -0.0975. The van der Waals surface area contributed by atoms with Gasteiger partial charge in [0.25, 0.3) is 0 Å². The Bertz CT molecular complexity index is 505. The van der Waals surface area contributed by atoms with Crippen LogP contribution in [0.2, 0.25) is 0 Å². The van der Waals surface area contributed by atoms with Gasteiger partial charge in [-0.15, -0.1) is 0 Å². The summed E-state index contributed by atoms with van der Waals surface area (Å²) >= 11 is 0. The third-order valence-corrected chi connectivity index (χ3v) is 2.80. The summed E-state index contributed by atoms with van der Waals surface area (Å²) in [5.74, 6) is 0.938. The van der Waals surface area contributed by atoms with E-state index in [-0.39, 0.29) is 6.03 Å². The third-order valence-electron chi connectivity index (χ3n) is 2.80. The van der Waals surface area contributed by atoms with Gasteiger partial charge >= 0.3 is 6.03 Å². The van der Waals surface area contributed by atoms with Gasteiger partial charge in [-0.25, -0.2) is 9.78 Å². The average molecular weight is 232 g/mol. The zero-order chi connectivity index (χ0) is 12.4. The van der Waals surface area contributed by atoms with Crippen LogP contribution in [0.15, 0.2) is 24.5 Å². The molecule has 0 aliphatic carbocycles. The van der Waals surface area contributed by atoms with E-state index in [4.69, 9.17) is 0 Å². The second-order valence-corrected chi connectivity index (χ2v) is 4.05. The molecule has 2 aliphatic rings. The fourth-order valence-electron chi connectivity index (χ4n) is 1.87. The lowest BCUT2D eigenvalue weighted by Crippen LogP contribution is -2.34. The number of nitrogens with one attached hydrogen (secondary N) is 1. The molecule has 0 aromatic carbocycles. The first-order valence-corrected chi connectivity index (χ1v) is 5.45. The maximum absolute atomic E-state index is 11.4. The van der Waals surface area contributed by atoms with Crippen molar-refractivity contribution in [1.29, 1.82) is 0 Å². The minimum absolute atomic E-state index is 0.0975. The summed E-state index contributed by atoms with van der Waals surface area (Å²) < 4.78 is 1.97. The molecule has 0 saturated carbocycles. The van der Waals surface area contributed by atoms with Gasteiger partial charge in [-0.3, -0.25) is 0 Å². The molecule has 17 heavy (non-hydrogen) atoms. The van der Waals surface area contributed by atoms with E-state index in [2.05, 4.69) is 10.3 Å². The maximum atomic E-state index is 11.4. The van der Waals surface area contributed by atoms with E-state index in [9.17, 15) is 4.79 Å². The number of hydrogen-bond acceptors (Lipinski definition) is 2. The normalized spacial score (nSPS) is 10.5. The summed E-state index contributed by atoms with van der Waals surface area (Å²) in [6.45, 7) is 0.556. The fraction of sp³-hybridized carbons (Fsp3) is 0.333. The van der Waals surface area contributed by atoms with Crippen LogP contribution in [0, 0.1) is 0 Å². The van der Waals surface area contributed by atoms with E-state index in [0.717, 1.165) is 17.0 Å². The lowest BCUT2D eigenvalue weighted by Gasteiger charge is -2.16. The number of urea groups is 1. The molecule has 0 fully saturated rings. The Morgan fingerprint density at radius 2 is 2.35 bits per heavy atom. The molecule has 0 unspecified atom stereocenters. The molecule has 0 aromatic heterocycles. The first kappa shape index (κ1) is 11.4. The molecule has 1 N–H and O–H groups in total. The molecule has 2 amide bonds. The van der Waals surface area contributed by atoms with Gasteiger partial charge < -0.3 is 14.8 Å². The number of nitrogens with zero attached hydrogens (tertiary/aromatic N) is 3. The molecule has 0 saturated heterocycles. The minimum Gasteiger partial charge on any atom is -0.341 e. The molecule has 5 nitrogen and oxygen atoms in total. The highest BCUT2D eigenvalue weighted by atomic mass is 16.2. The predicted octanol–water partition coefficient (Wildman–Crippen LogP) is 1.30. The number of pyridine rings is 1. The molecule has 0 bridgehead atoms. The second-order valence-electron chi connectivity index (χ2n) is 4.05. The quantitative estimate of drug-likeness (QED) is 0.848. The van der Waals surface area contributed by atoms with Crippen molar-refractivity contribution in [3.05, 3.63) is 30.1 Å². The first-order chi connectivity index (χ1) is 8.13. The van der Waals surface area contributed by atoms with Crippen molar-refractivity contribution in [2.24, 2.45) is 7.05 Å². The lowest BCUT2D eigenvalue weighted by atomic mass is 10.1. The van der Waals surface area contributed by atoms with E-state index in [1.54, 1.807) is 19.0 Å². The Morgan fingerprint density at radius 3 is 3.06 bits per heavy atom. The number of amides is 2. The van der Waals surface area contributed by atoms with Crippen LogP contribution in [-0.2, 0) is 13.6 Å². The number of fused-ring (bicyclic) bond motifs is 1. The van der Waals surface area contributed by atoms with Crippen LogP contribution in [0.1, 0.15) is 5.56 Å². The Balaban J connectivity index is 2.25. The van der Waals surface area contributed by atoms with Gasteiger partial charge in [-0.2, -0.15) is 0 Å². The van der Waals surface area contributed by atoms with E-state index in [1.807, 2.05) is 36.1 Å². The molecular formula is C12H16N4O. The van der Waals surface area contributed by atoms with Gasteiger partial charge in [0.15, 0.2) is 0 Å². The smallest absolute Gasteiger partial charge is 0.317 e. The summed E-state index contributed by atoms with van der Waals surface area (Å²) in [6.07, 6.45) is 3.78. The van der Waals surface area contributed by atoms with Gasteiger partial charge in [-0.1, -0.05) is 0 Å². The number of aromatic nitrogens is 2. The highest BCUT2D eigenvalue weighted by Crippen LogP contribution is 2.24. The number of hydrogen-bond donors (Lipinski definition) is 1. The Hall–Kier alpha value is -2.04. The lowest BCUT2D eigenvalue weighted by molar-refractivity contribution is 0.209. The molecule has 2 aliphatic heterocycles. The van der Waals surface area contributed by atoms with E-state index >= 15 is 0 Å². The zero-order valence-electron chi connectivity index (χ0n) is 10.3. The van der Waals surface area contributed by atoms with Crippen LogP contribution in [0.3, 0.4) is 0 Å². The van der Waals surface area contributed by atoms with Gasteiger partial charge in [0, 0.05) is 51.2 Å². The van der Waals surface area contributed by atoms with Crippen molar-refractivity contribution in [3.8, 4) is 11.4 Å². The molecule has 0 spiro atoms. The molecular weight excluding hydrogens is 216 g/mol. The second kappa shape index (κ2) is 4.45. The van der Waals surface area contributed by atoms with Crippen LogP contribution in [0.5, 0.6) is 0 Å². The summed E-state index contributed by atoms with van der Waals surface area (Å²) in [6, 6.07) is 3.91. The van der Waals surface area contributed by atoms with E-state index in [0.29, 0.717) is 6.54 Å². The van der Waals surface area contributed by atoms with Crippen LogP contribution in [0.4, 0.5) is 4.79 Å². The van der Waals surface area contributed by atoms with Crippen LogP contribution in [-0.4, -0.2) is 34.6 Å². The maximum Gasteiger partial charge on any atom is 0.317 e. The van der Waals surface area contributed by atoms with Crippen molar-refractivity contribution >= 4 is 6.03 Å². The van der Waals surface area contributed by atoms with Crippen LogP contribution in [0.25, 0.3) is 11.4 Å². The van der Waals surface area contributed by atoms with Gasteiger partial charge in [0.1, 0.15) is 5.82 Å². The topological polar surface area (TPSA) is 50.2 Å². The standard InChI is InChI=1S/C12H16N4O/c1-13-12(17)16(3)8-9-7-14-11-10(9)5-4-6-15(11)2/h4-7H,8H2,1-3H3,(H,13,17). The summed E-state index contributed by atoms with van der Waals surface area (Å²) in [7, 11) is 5.35.